The molecule has 0 aliphatic carbocycles. The summed E-state index contributed by atoms with van der Waals surface area (Å²) in [6, 6.07) is 5.80. The van der Waals surface area contributed by atoms with Crippen molar-refractivity contribution in [3.05, 3.63) is 34.9 Å². The van der Waals surface area contributed by atoms with Gasteiger partial charge < -0.3 is 9.47 Å². The van der Waals surface area contributed by atoms with Gasteiger partial charge >= 0.3 is 0 Å². The smallest absolute Gasteiger partial charge is 0.188 e. The van der Waals surface area contributed by atoms with Gasteiger partial charge in [0.2, 0.25) is 0 Å². The predicted octanol–water partition coefficient (Wildman–Crippen LogP) is 2.93. The molecular weight excluding hydrogens is 240 g/mol. The molecule has 0 unspecified atom stereocenters. The summed E-state index contributed by atoms with van der Waals surface area (Å²) in [5.41, 5.74) is 3.10. The van der Waals surface area contributed by atoms with E-state index in [1.165, 1.54) is 5.56 Å². The molecule has 1 aliphatic rings. The highest BCUT2D eigenvalue weighted by Crippen LogP contribution is 2.15. The van der Waals surface area contributed by atoms with Crippen LogP contribution in [0, 0.1) is 19.8 Å². The standard InChI is InChI=1S/C16H22O3/c1-12-3-4-15(9-13(12)2)16(17)11-19-10-14-5-7-18-8-6-14/h3-4,9,14H,5-8,10-11H2,1-2H3. The lowest BCUT2D eigenvalue weighted by atomic mass is 10.0. The average Bonchev–Trinajstić information content (AvgIpc) is 2.43. The van der Waals surface area contributed by atoms with E-state index >= 15 is 0 Å². The fourth-order valence-electron chi connectivity index (χ4n) is 2.23. The predicted molar refractivity (Wildman–Crippen MR) is 74.6 cm³/mol. The number of ether oxygens (including phenoxy) is 2. The molecule has 19 heavy (non-hydrogen) atoms. The van der Waals surface area contributed by atoms with Gasteiger partial charge in [-0.15, -0.1) is 0 Å². The monoisotopic (exact) mass is 262 g/mol. The summed E-state index contributed by atoms with van der Waals surface area (Å²) in [5.74, 6) is 0.608. The SMILES string of the molecule is Cc1ccc(C(=O)COCC2CCOCC2)cc1C. The van der Waals surface area contributed by atoms with Crippen molar-refractivity contribution < 1.29 is 14.3 Å². The topological polar surface area (TPSA) is 35.5 Å². The van der Waals surface area contributed by atoms with E-state index in [0.29, 0.717) is 12.5 Å². The molecule has 1 fully saturated rings. The Bertz CT molecular complexity index is 434. The third-order valence-electron chi connectivity index (χ3n) is 3.76. The summed E-state index contributed by atoms with van der Waals surface area (Å²) in [4.78, 5) is 12.0. The van der Waals surface area contributed by atoms with E-state index in [0.717, 1.165) is 37.2 Å². The molecule has 0 aromatic heterocycles. The molecule has 0 saturated carbocycles. The van der Waals surface area contributed by atoms with Crippen LogP contribution in [0.3, 0.4) is 0 Å². The summed E-state index contributed by atoms with van der Waals surface area (Å²) in [5, 5.41) is 0. The van der Waals surface area contributed by atoms with Crippen molar-refractivity contribution in [2.45, 2.75) is 26.7 Å². The minimum absolute atomic E-state index is 0.0650. The number of rotatable bonds is 5. The first kappa shape index (κ1) is 14.2. The zero-order valence-corrected chi connectivity index (χ0v) is 11.8. The van der Waals surface area contributed by atoms with Crippen molar-refractivity contribution in [1.82, 2.24) is 0 Å². The summed E-state index contributed by atoms with van der Waals surface area (Å²) in [6.07, 6.45) is 2.08. The Morgan fingerprint density at radius 1 is 1.26 bits per heavy atom. The van der Waals surface area contributed by atoms with Crippen LogP contribution in [-0.4, -0.2) is 32.2 Å². The van der Waals surface area contributed by atoms with Gasteiger partial charge in [-0.3, -0.25) is 4.79 Å². The van der Waals surface area contributed by atoms with Crippen LogP contribution in [0.4, 0.5) is 0 Å². The summed E-state index contributed by atoms with van der Waals surface area (Å²) < 4.78 is 10.9. The van der Waals surface area contributed by atoms with Gasteiger partial charge in [-0.25, -0.2) is 0 Å². The Balaban J connectivity index is 1.78. The molecular formula is C16H22O3. The number of hydrogen-bond donors (Lipinski definition) is 0. The van der Waals surface area contributed by atoms with Crippen molar-refractivity contribution in [2.24, 2.45) is 5.92 Å². The Morgan fingerprint density at radius 2 is 2.00 bits per heavy atom. The molecule has 1 aromatic carbocycles. The van der Waals surface area contributed by atoms with Gasteiger partial charge in [0, 0.05) is 18.8 Å². The van der Waals surface area contributed by atoms with Crippen LogP contribution in [0.2, 0.25) is 0 Å². The first-order valence-electron chi connectivity index (χ1n) is 6.93. The van der Waals surface area contributed by atoms with Crippen LogP contribution in [-0.2, 0) is 9.47 Å². The van der Waals surface area contributed by atoms with Gasteiger partial charge in [0.05, 0.1) is 6.61 Å². The maximum Gasteiger partial charge on any atom is 0.188 e. The largest absolute Gasteiger partial charge is 0.381 e. The van der Waals surface area contributed by atoms with Crippen LogP contribution in [0.15, 0.2) is 18.2 Å². The van der Waals surface area contributed by atoms with Gasteiger partial charge in [-0.1, -0.05) is 12.1 Å². The fraction of sp³-hybridized carbons (Fsp3) is 0.562. The van der Waals surface area contributed by atoms with Crippen LogP contribution >= 0.6 is 0 Å². The summed E-state index contributed by atoms with van der Waals surface area (Å²) in [6.45, 7) is 6.55. The summed E-state index contributed by atoms with van der Waals surface area (Å²) >= 11 is 0. The number of ketones is 1. The van der Waals surface area contributed by atoms with Crippen LogP contribution < -0.4 is 0 Å². The minimum Gasteiger partial charge on any atom is -0.381 e. The number of benzene rings is 1. The normalized spacial score (nSPS) is 16.5. The lowest BCUT2D eigenvalue weighted by molar-refractivity contribution is 0.0216. The van der Waals surface area contributed by atoms with E-state index in [1.54, 1.807) is 0 Å². The highest BCUT2D eigenvalue weighted by molar-refractivity contribution is 5.97. The Kier molecular flexibility index (Phi) is 5.11. The lowest BCUT2D eigenvalue weighted by Crippen LogP contribution is -2.22. The molecule has 0 bridgehead atoms. The van der Waals surface area contributed by atoms with Gasteiger partial charge in [0.1, 0.15) is 6.61 Å². The molecule has 0 amide bonds. The quantitative estimate of drug-likeness (QED) is 0.765. The highest BCUT2D eigenvalue weighted by Gasteiger charge is 2.15. The number of carbonyl (C=O) groups excluding carboxylic acids is 1. The molecule has 1 aromatic rings. The van der Waals surface area contributed by atoms with Crippen LogP contribution in [0.1, 0.15) is 34.3 Å². The van der Waals surface area contributed by atoms with Crippen LogP contribution in [0.25, 0.3) is 0 Å². The van der Waals surface area contributed by atoms with E-state index in [2.05, 4.69) is 0 Å². The lowest BCUT2D eigenvalue weighted by Gasteiger charge is -2.21. The molecule has 2 rings (SSSR count). The zero-order chi connectivity index (χ0) is 13.7. The van der Waals surface area contributed by atoms with Gasteiger partial charge in [-0.05, 0) is 49.8 Å². The van der Waals surface area contributed by atoms with E-state index in [-0.39, 0.29) is 12.4 Å². The summed E-state index contributed by atoms with van der Waals surface area (Å²) in [7, 11) is 0. The first-order chi connectivity index (χ1) is 9.16. The molecule has 0 spiro atoms. The number of Topliss-reactive ketones (excluding diaryl/α,β-unsaturated/α-hetero) is 1. The Morgan fingerprint density at radius 3 is 2.68 bits per heavy atom. The minimum atomic E-state index is 0.0650. The zero-order valence-electron chi connectivity index (χ0n) is 11.8. The number of carbonyl (C=O) groups is 1. The molecule has 1 saturated heterocycles. The maximum atomic E-state index is 12.0. The second-order valence-corrected chi connectivity index (χ2v) is 5.29. The van der Waals surface area contributed by atoms with Crippen molar-refractivity contribution >= 4 is 5.78 Å². The number of hydrogen-bond acceptors (Lipinski definition) is 3. The second-order valence-electron chi connectivity index (χ2n) is 5.29. The highest BCUT2D eigenvalue weighted by atomic mass is 16.5. The molecule has 3 nitrogen and oxygen atoms in total. The van der Waals surface area contributed by atoms with Gasteiger partial charge in [-0.2, -0.15) is 0 Å². The van der Waals surface area contributed by atoms with Crippen LogP contribution in [0.5, 0.6) is 0 Å². The fourth-order valence-corrected chi connectivity index (χ4v) is 2.23. The molecule has 1 heterocycles. The van der Waals surface area contributed by atoms with E-state index in [9.17, 15) is 4.79 Å². The molecule has 0 N–H and O–H groups in total. The van der Waals surface area contributed by atoms with E-state index in [4.69, 9.17) is 9.47 Å². The molecule has 3 heteroatoms. The Labute approximate surface area is 114 Å². The molecule has 104 valence electrons. The average molecular weight is 262 g/mol. The maximum absolute atomic E-state index is 12.0. The third kappa shape index (κ3) is 4.15. The first-order valence-corrected chi connectivity index (χ1v) is 6.93. The molecule has 0 atom stereocenters. The van der Waals surface area contributed by atoms with Crippen molar-refractivity contribution in [2.75, 3.05) is 26.4 Å². The van der Waals surface area contributed by atoms with E-state index in [1.807, 2.05) is 32.0 Å². The van der Waals surface area contributed by atoms with Crippen molar-refractivity contribution in [3.63, 3.8) is 0 Å². The van der Waals surface area contributed by atoms with E-state index < -0.39 is 0 Å². The molecule has 0 radical (unpaired) electrons. The second kappa shape index (κ2) is 6.83. The molecule has 1 aliphatic heterocycles. The van der Waals surface area contributed by atoms with Gasteiger partial charge in [0.25, 0.3) is 0 Å². The third-order valence-corrected chi connectivity index (χ3v) is 3.76. The number of aryl methyl sites for hydroxylation is 2. The van der Waals surface area contributed by atoms with Gasteiger partial charge in [0.15, 0.2) is 5.78 Å². The van der Waals surface area contributed by atoms with Crippen molar-refractivity contribution in [1.29, 1.82) is 0 Å². The van der Waals surface area contributed by atoms with Crippen molar-refractivity contribution in [3.8, 4) is 0 Å². The Hall–Kier alpha value is -1.19.